The van der Waals surface area contributed by atoms with Crippen LogP contribution < -0.4 is 4.74 Å². The lowest BCUT2D eigenvalue weighted by Crippen LogP contribution is -2.06. The molecular weight excluding hydrogens is 216 g/mol. The molecule has 0 aliphatic carbocycles. The molecule has 1 aromatic rings. The van der Waals surface area contributed by atoms with Gasteiger partial charge in [0.1, 0.15) is 12.4 Å². The summed E-state index contributed by atoms with van der Waals surface area (Å²) in [7, 11) is 0. The van der Waals surface area contributed by atoms with Crippen molar-refractivity contribution in [2.45, 2.75) is 26.9 Å². The maximum atomic E-state index is 10.6. The SMILES string of the molecule is CC(=O)OC/C=C\c1ccccc1OC(C)C. The number of benzene rings is 1. The summed E-state index contributed by atoms with van der Waals surface area (Å²) >= 11 is 0. The summed E-state index contributed by atoms with van der Waals surface area (Å²) in [4.78, 5) is 10.6. The molecule has 0 aromatic heterocycles. The Morgan fingerprint density at radius 1 is 1.35 bits per heavy atom. The maximum absolute atomic E-state index is 10.6. The van der Waals surface area contributed by atoms with Crippen LogP contribution in [0.15, 0.2) is 30.3 Å². The van der Waals surface area contributed by atoms with Crippen molar-refractivity contribution in [2.75, 3.05) is 6.61 Å². The molecule has 0 bridgehead atoms. The Morgan fingerprint density at radius 3 is 2.71 bits per heavy atom. The minimum Gasteiger partial charge on any atom is -0.490 e. The third kappa shape index (κ3) is 5.20. The Labute approximate surface area is 102 Å². The first-order chi connectivity index (χ1) is 8.09. The van der Waals surface area contributed by atoms with Gasteiger partial charge in [-0.3, -0.25) is 4.79 Å². The van der Waals surface area contributed by atoms with Crippen LogP contribution in [-0.4, -0.2) is 18.7 Å². The van der Waals surface area contributed by atoms with Crippen LogP contribution in [0.4, 0.5) is 0 Å². The summed E-state index contributed by atoms with van der Waals surface area (Å²) in [5.74, 6) is 0.558. The van der Waals surface area contributed by atoms with Crippen LogP contribution in [0.5, 0.6) is 5.75 Å². The number of carbonyl (C=O) groups is 1. The van der Waals surface area contributed by atoms with Crippen LogP contribution in [0, 0.1) is 0 Å². The molecule has 0 saturated carbocycles. The topological polar surface area (TPSA) is 35.5 Å². The molecule has 0 saturated heterocycles. The highest BCUT2D eigenvalue weighted by Gasteiger charge is 2.01. The van der Waals surface area contributed by atoms with Crippen molar-refractivity contribution in [3.8, 4) is 5.75 Å². The second-order valence-corrected chi connectivity index (χ2v) is 3.91. The average Bonchev–Trinajstić information content (AvgIpc) is 2.25. The van der Waals surface area contributed by atoms with Gasteiger partial charge in [-0.15, -0.1) is 0 Å². The second-order valence-electron chi connectivity index (χ2n) is 3.91. The number of carbonyl (C=O) groups excluding carboxylic acids is 1. The Morgan fingerprint density at radius 2 is 2.06 bits per heavy atom. The van der Waals surface area contributed by atoms with Crippen molar-refractivity contribution >= 4 is 12.0 Å². The molecule has 0 heterocycles. The molecule has 0 amide bonds. The van der Waals surface area contributed by atoms with Crippen LogP contribution in [0.1, 0.15) is 26.3 Å². The third-order valence-electron chi connectivity index (χ3n) is 1.96. The summed E-state index contributed by atoms with van der Waals surface area (Å²) in [5, 5.41) is 0. The van der Waals surface area contributed by atoms with Gasteiger partial charge < -0.3 is 9.47 Å². The minimum absolute atomic E-state index is 0.137. The van der Waals surface area contributed by atoms with E-state index < -0.39 is 0 Å². The molecule has 0 aliphatic heterocycles. The van der Waals surface area contributed by atoms with Crippen molar-refractivity contribution in [3.05, 3.63) is 35.9 Å². The van der Waals surface area contributed by atoms with Crippen molar-refractivity contribution in [1.29, 1.82) is 0 Å². The van der Waals surface area contributed by atoms with Gasteiger partial charge in [-0.05, 0) is 26.0 Å². The highest BCUT2D eigenvalue weighted by Crippen LogP contribution is 2.20. The van der Waals surface area contributed by atoms with Gasteiger partial charge in [0, 0.05) is 12.5 Å². The summed E-state index contributed by atoms with van der Waals surface area (Å²) in [5.41, 5.74) is 0.980. The summed E-state index contributed by atoms with van der Waals surface area (Å²) in [6.07, 6.45) is 3.82. The highest BCUT2D eigenvalue weighted by molar-refractivity contribution is 5.66. The van der Waals surface area contributed by atoms with Gasteiger partial charge in [-0.25, -0.2) is 0 Å². The van der Waals surface area contributed by atoms with Gasteiger partial charge in [0.15, 0.2) is 0 Å². The monoisotopic (exact) mass is 234 g/mol. The summed E-state index contributed by atoms with van der Waals surface area (Å²) < 4.78 is 10.5. The Kier molecular flexibility index (Phi) is 5.27. The van der Waals surface area contributed by atoms with Crippen LogP contribution in [-0.2, 0) is 9.53 Å². The van der Waals surface area contributed by atoms with E-state index in [1.165, 1.54) is 6.92 Å². The van der Waals surface area contributed by atoms with E-state index in [9.17, 15) is 4.79 Å². The average molecular weight is 234 g/mol. The van der Waals surface area contributed by atoms with E-state index in [2.05, 4.69) is 0 Å². The fourth-order valence-corrected chi connectivity index (χ4v) is 1.32. The van der Waals surface area contributed by atoms with Crippen LogP contribution in [0.2, 0.25) is 0 Å². The zero-order valence-electron chi connectivity index (χ0n) is 10.5. The first-order valence-corrected chi connectivity index (χ1v) is 5.65. The molecule has 1 rings (SSSR count). The third-order valence-corrected chi connectivity index (χ3v) is 1.96. The molecule has 17 heavy (non-hydrogen) atoms. The molecule has 0 N–H and O–H groups in total. The fraction of sp³-hybridized carbons (Fsp3) is 0.357. The Bertz CT molecular complexity index is 394. The maximum Gasteiger partial charge on any atom is 0.302 e. The summed E-state index contributed by atoms with van der Waals surface area (Å²) in [6, 6.07) is 7.76. The van der Waals surface area contributed by atoms with Crippen molar-refractivity contribution in [1.82, 2.24) is 0 Å². The van der Waals surface area contributed by atoms with Gasteiger partial charge in [0.05, 0.1) is 6.10 Å². The fourth-order valence-electron chi connectivity index (χ4n) is 1.32. The first-order valence-electron chi connectivity index (χ1n) is 5.65. The van der Waals surface area contributed by atoms with Crippen molar-refractivity contribution < 1.29 is 14.3 Å². The van der Waals surface area contributed by atoms with Crippen LogP contribution in [0.25, 0.3) is 6.08 Å². The van der Waals surface area contributed by atoms with E-state index in [0.717, 1.165) is 11.3 Å². The second kappa shape index (κ2) is 6.74. The van der Waals surface area contributed by atoms with Crippen LogP contribution >= 0.6 is 0 Å². The molecule has 0 atom stereocenters. The molecular formula is C14H18O3. The predicted octanol–water partition coefficient (Wildman–Crippen LogP) is 3.05. The van der Waals surface area contributed by atoms with E-state index in [1.54, 1.807) is 6.08 Å². The number of esters is 1. The number of hydrogen-bond acceptors (Lipinski definition) is 3. The highest BCUT2D eigenvalue weighted by atomic mass is 16.5. The molecule has 3 heteroatoms. The Balaban J connectivity index is 2.66. The van der Waals surface area contributed by atoms with E-state index in [1.807, 2.05) is 44.2 Å². The lowest BCUT2D eigenvalue weighted by atomic mass is 10.2. The largest absolute Gasteiger partial charge is 0.490 e. The molecule has 0 spiro atoms. The molecule has 0 unspecified atom stereocenters. The normalized spacial score (nSPS) is 10.8. The lowest BCUT2D eigenvalue weighted by molar-refractivity contribution is -0.139. The van der Waals surface area contributed by atoms with Crippen molar-refractivity contribution in [2.24, 2.45) is 0 Å². The first kappa shape index (κ1) is 13.3. The van der Waals surface area contributed by atoms with Gasteiger partial charge >= 0.3 is 5.97 Å². The molecule has 1 aromatic carbocycles. The van der Waals surface area contributed by atoms with E-state index >= 15 is 0 Å². The Hall–Kier alpha value is -1.77. The smallest absolute Gasteiger partial charge is 0.302 e. The van der Waals surface area contributed by atoms with E-state index in [-0.39, 0.29) is 18.7 Å². The minimum atomic E-state index is -0.277. The number of rotatable bonds is 5. The van der Waals surface area contributed by atoms with Gasteiger partial charge in [-0.1, -0.05) is 24.3 Å². The zero-order valence-corrected chi connectivity index (χ0v) is 10.5. The van der Waals surface area contributed by atoms with Gasteiger partial charge in [0.2, 0.25) is 0 Å². The lowest BCUT2D eigenvalue weighted by Gasteiger charge is -2.11. The number of para-hydroxylation sites is 1. The standard InChI is InChI=1S/C14H18O3/c1-11(2)17-14-9-5-4-7-13(14)8-6-10-16-12(3)15/h4-9,11H,10H2,1-3H3/b8-6-. The van der Waals surface area contributed by atoms with Crippen LogP contribution in [0.3, 0.4) is 0 Å². The molecule has 0 fully saturated rings. The van der Waals surface area contributed by atoms with E-state index in [4.69, 9.17) is 9.47 Å². The molecule has 92 valence electrons. The van der Waals surface area contributed by atoms with Gasteiger partial charge in [0.25, 0.3) is 0 Å². The number of ether oxygens (including phenoxy) is 2. The van der Waals surface area contributed by atoms with Gasteiger partial charge in [-0.2, -0.15) is 0 Å². The molecule has 0 radical (unpaired) electrons. The predicted molar refractivity (Wildman–Crippen MR) is 67.9 cm³/mol. The zero-order chi connectivity index (χ0) is 12.7. The summed E-state index contributed by atoms with van der Waals surface area (Å²) in [6.45, 7) is 5.65. The quantitative estimate of drug-likeness (QED) is 0.734. The molecule has 0 aliphatic rings. The molecule has 3 nitrogen and oxygen atoms in total. The van der Waals surface area contributed by atoms with E-state index in [0.29, 0.717) is 0 Å². The van der Waals surface area contributed by atoms with Crippen molar-refractivity contribution in [3.63, 3.8) is 0 Å². The number of hydrogen-bond donors (Lipinski definition) is 0.